The van der Waals surface area contributed by atoms with Gasteiger partial charge in [-0.2, -0.15) is 0 Å². The molecule has 1 saturated carbocycles. The van der Waals surface area contributed by atoms with Gasteiger partial charge in [0.1, 0.15) is 25.1 Å². The number of nitrogens with zero attached hydrogens (tertiary/aromatic N) is 4. The minimum Gasteiger partial charge on any atom is -0.399 e. The normalized spacial score (nSPS) is 14.9. The van der Waals surface area contributed by atoms with Gasteiger partial charge < -0.3 is 9.68 Å². The Morgan fingerprint density at radius 3 is 2.44 bits per heavy atom. The first kappa shape index (κ1) is 19.0. The van der Waals surface area contributed by atoms with E-state index in [1.807, 2.05) is 44.2 Å². The van der Waals surface area contributed by atoms with E-state index in [1.54, 1.807) is 0 Å². The van der Waals surface area contributed by atoms with Crippen LogP contribution < -0.4 is 0 Å². The molecule has 0 unspecified atom stereocenters. The van der Waals surface area contributed by atoms with Crippen LogP contribution in [0.3, 0.4) is 0 Å². The number of hydrogen-bond donors (Lipinski definition) is 0. The molecule has 0 amide bonds. The third kappa shape index (κ3) is 5.61. The monoisotopic (exact) mass is 366 g/mol. The van der Waals surface area contributed by atoms with Crippen LogP contribution in [-0.4, -0.2) is 35.1 Å². The third-order valence-corrected chi connectivity index (χ3v) is 4.41. The highest BCUT2D eigenvalue weighted by atomic mass is 16.6. The zero-order valence-electron chi connectivity index (χ0n) is 16.2. The van der Waals surface area contributed by atoms with Crippen molar-refractivity contribution in [3.63, 3.8) is 0 Å². The summed E-state index contributed by atoms with van der Waals surface area (Å²) >= 11 is 0. The summed E-state index contributed by atoms with van der Waals surface area (Å²) < 4.78 is 0. The van der Waals surface area contributed by atoms with Gasteiger partial charge in [0.15, 0.2) is 0 Å². The molecule has 27 heavy (non-hydrogen) atoms. The maximum absolute atomic E-state index is 5.48. The maximum Gasteiger partial charge on any atom is 0.117 e. The zero-order chi connectivity index (χ0) is 19.1. The van der Waals surface area contributed by atoms with Crippen LogP contribution in [0.15, 0.2) is 46.7 Å². The summed E-state index contributed by atoms with van der Waals surface area (Å²) in [4.78, 5) is 19.6. The van der Waals surface area contributed by atoms with E-state index in [0.29, 0.717) is 12.5 Å². The van der Waals surface area contributed by atoms with Crippen LogP contribution in [0.25, 0.3) is 0 Å². The summed E-state index contributed by atoms with van der Waals surface area (Å²) in [6.45, 7) is 4.35. The second kappa shape index (κ2) is 9.26. The first-order valence-corrected chi connectivity index (χ1v) is 9.35. The largest absolute Gasteiger partial charge is 0.399 e. The summed E-state index contributed by atoms with van der Waals surface area (Å²) in [6, 6.07) is 12.0. The summed E-state index contributed by atoms with van der Waals surface area (Å²) in [7, 11) is 1.53. The molecule has 1 fully saturated rings. The second-order valence-electron chi connectivity index (χ2n) is 6.71. The Hall–Kier alpha value is -2.76. The molecule has 0 spiro atoms. The Morgan fingerprint density at radius 2 is 1.70 bits per heavy atom. The lowest BCUT2D eigenvalue weighted by Gasteiger charge is -2.05. The minimum absolute atomic E-state index is 0.538. The van der Waals surface area contributed by atoms with Crippen molar-refractivity contribution >= 4 is 11.4 Å². The van der Waals surface area contributed by atoms with Gasteiger partial charge in [-0.3, -0.25) is 9.97 Å². The predicted octanol–water partition coefficient (Wildman–Crippen LogP) is 4.10. The van der Waals surface area contributed by atoms with Crippen molar-refractivity contribution in [2.75, 3.05) is 13.7 Å². The van der Waals surface area contributed by atoms with Crippen LogP contribution in [0.2, 0.25) is 0 Å². The Balaban J connectivity index is 1.47. The van der Waals surface area contributed by atoms with Crippen LogP contribution in [0.5, 0.6) is 0 Å². The van der Waals surface area contributed by atoms with Crippen molar-refractivity contribution in [1.29, 1.82) is 0 Å². The molecule has 1 aliphatic carbocycles. The van der Waals surface area contributed by atoms with Crippen molar-refractivity contribution in [1.82, 2.24) is 9.97 Å². The van der Waals surface area contributed by atoms with E-state index in [0.717, 1.165) is 41.3 Å². The van der Waals surface area contributed by atoms with Gasteiger partial charge in [0, 0.05) is 17.3 Å². The molecule has 6 heteroatoms. The predicted molar refractivity (Wildman–Crippen MR) is 106 cm³/mol. The Kier molecular flexibility index (Phi) is 6.52. The number of pyridine rings is 2. The highest BCUT2D eigenvalue weighted by Gasteiger charge is 2.25. The summed E-state index contributed by atoms with van der Waals surface area (Å²) in [5.41, 5.74) is 5.45. The molecule has 1 aliphatic rings. The van der Waals surface area contributed by atoms with Gasteiger partial charge >= 0.3 is 0 Å². The number of aryl methyl sites for hydroxylation is 1. The van der Waals surface area contributed by atoms with E-state index in [1.165, 1.54) is 25.6 Å². The SMILES string of the molecule is CO/N=C(\C)c1cccc(CCCO/N=C(\C)c2cccc(C3CC3)n2)n1. The Morgan fingerprint density at radius 1 is 1.00 bits per heavy atom. The Bertz CT molecular complexity index is 828. The summed E-state index contributed by atoms with van der Waals surface area (Å²) in [5.74, 6) is 0.638. The molecule has 0 N–H and O–H groups in total. The van der Waals surface area contributed by atoms with Crippen molar-refractivity contribution in [3.05, 3.63) is 59.2 Å². The fraction of sp³-hybridized carbons (Fsp3) is 0.429. The van der Waals surface area contributed by atoms with E-state index in [9.17, 15) is 0 Å². The molecule has 142 valence electrons. The van der Waals surface area contributed by atoms with E-state index < -0.39 is 0 Å². The fourth-order valence-corrected chi connectivity index (χ4v) is 2.77. The molecule has 0 radical (unpaired) electrons. The van der Waals surface area contributed by atoms with Gasteiger partial charge in [0.25, 0.3) is 0 Å². The van der Waals surface area contributed by atoms with Crippen LogP contribution in [0.4, 0.5) is 0 Å². The van der Waals surface area contributed by atoms with Crippen LogP contribution in [-0.2, 0) is 16.1 Å². The maximum atomic E-state index is 5.48. The lowest BCUT2D eigenvalue weighted by Crippen LogP contribution is -2.04. The van der Waals surface area contributed by atoms with E-state index in [2.05, 4.69) is 26.3 Å². The molecule has 2 aromatic heterocycles. The number of oxime groups is 2. The van der Waals surface area contributed by atoms with Crippen LogP contribution in [0.1, 0.15) is 61.8 Å². The van der Waals surface area contributed by atoms with Crippen molar-refractivity contribution in [2.45, 2.75) is 45.4 Å². The Labute approximate surface area is 160 Å². The average molecular weight is 366 g/mol. The van der Waals surface area contributed by atoms with Gasteiger partial charge in [-0.15, -0.1) is 0 Å². The van der Waals surface area contributed by atoms with Gasteiger partial charge in [-0.25, -0.2) is 0 Å². The highest BCUT2D eigenvalue weighted by Crippen LogP contribution is 2.38. The van der Waals surface area contributed by atoms with E-state index in [-0.39, 0.29) is 0 Å². The number of aromatic nitrogens is 2. The topological polar surface area (TPSA) is 69.0 Å². The molecule has 0 atom stereocenters. The molecule has 6 nitrogen and oxygen atoms in total. The molecule has 0 saturated heterocycles. The lowest BCUT2D eigenvalue weighted by atomic mass is 10.2. The van der Waals surface area contributed by atoms with Crippen molar-refractivity contribution in [3.8, 4) is 0 Å². The minimum atomic E-state index is 0.538. The zero-order valence-corrected chi connectivity index (χ0v) is 16.2. The molecular formula is C21H26N4O2. The smallest absolute Gasteiger partial charge is 0.117 e. The van der Waals surface area contributed by atoms with Crippen molar-refractivity contribution < 1.29 is 9.68 Å². The summed E-state index contributed by atoms with van der Waals surface area (Å²) in [5, 5.41) is 8.14. The first-order chi connectivity index (χ1) is 13.2. The van der Waals surface area contributed by atoms with Crippen LogP contribution in [0, 0.1) is 0 Å². The van der Waals surface area contributed by atoms with Gasteiger partial charge in [0.05, 0.1) is 11.4 Å². The van der Waals surface area contributed by atoms with Gasteiger partial charge in [-0.1, -0.05) is 22.4 Å². The van der Waals surface area contributed by atoms with Gasteiger partial charge in [0.2, 0.25) is 0 Å². The number of rotatable bonds is 9. The average Bonchev–Trinajstić information content (AvgIpc) is 3.53. The standard InChI is InChI=1S/C21H26N4O2/c1-15(24-26-3)19-9-4-7-18(22-19)8-6-14-27-25-16(2)20-10-5-11-21(23-20)17-12-13-17/h4-5,7,9-11,17H,6,8,12-14H2,1-3H3/b24-15+,25-16+. The molecule has 3 rings (SSSR count). The van der Waals surface area contributed by atoms with E-state index >= 15 is 0 Å². The highest BCUT2D eigenvalue weighted by molar-refractivity contribution is 5.97. The van der Waals surface area contributed by atoms with Crippen molar-refractivity contribution in [2.24, 2.45) is 10.3 Å². The molecular weight excluding hydrogens is 340 g/mol. The van der Waals surface area contributed by atoms with Crippen LogP contribution >= 0.6 is 0 Å². The molecule has 0 aromatic carbocycles. The quantitative estimate of drug-likeness (QED) is 0.381. The summed E-state index contributed by atoms with van der Waals surface area (Å²) in [6.07, 6.45) is 4.14. The molecule has 2 aromatic rings. The van der Waals surface area contributed by atoms with E-state index in [4.69, 9.17) is 9.68 Å². The second-order valence-corrected chi connectivity index (χ2v) is 6.71. The third-order valence-electron chi connectivity index (χ3n) is 4.41. The van der Waals surface area contributed by atoms with Gasteiger partial charge in [-0.05, 0) is 63.8 Å². The lowest BCUT2D eigenvalue weighted by molar-refractivity contribution is 0.141. The fourth-order valence-electron chi connectivity index (χ4n) is 2.77. The first-order valence-electron chi connectivity index (χ1n) is 9.35. The number of hydrogen-bond acceptors (Lipinski definition) is 6. The molecule has 0 aliphatic heterocycles. The molecule has 0 bridgehead atoms. The molecule has 2 heterocycles.